The smallest absolute Gasteiger partial charge is 0.229 e. The van der Waals surface area contributed by atoms with Crippen LogP contribution in [0.25, 0.3) is 0 Å². The Morgan fingerprint density at radius 3 is 2.54 bits per heavy atom. The van der Waals surface area contributed by atoms with Crippen LogP contribution in [0.15, 0.2) is 54.7 Å². The normalized spacial score (nSPS) is 10.4. The number of hydrogen-bond donors (Lipinski definition) is 2. The lowest BCUT2D eigenvalue weighted by Crippen LogP contribution is -2.07. The van der Waals surface area contributed by atoms with Gasteiger partial charge in [-0.25, -0.2) is 4.98 Å². The standard InChI is InChI=1S/C19H18Cl2N4O/c1-26-15-5-2-13(3-6-15)8-10-22-18-9-11-23-19(25-18)24-14-4-7-16(20)17(21)12-14/h2-7,9,11-12H,8,10H2,1H3,(H2,22,23,24,25). The molecule has 0 saturated heterocycles. The second-order valence-electron chi connectivity index (χ2n) is 5.54. The Balaban J connectivity index is 1.57. The molecule has 1 heterocycles. The molecule has 0 aliphatic carbocycles. The number of nitrogens with one attached hydrogen (secondary N) is 2. The van der Waals surface area contributed by atoms with E-state index in [0.717, 1.165) is 30.2 Å². The lowest BCUT2D eigenvalue weighted by Gasteiger charge is -2.09. The molecule has 26 heavy (non-hydrogen) atoms. The summed E-state index contributed by atoms with van der Waals surface area (Å²) < 4.78 is 5.16. The highest BCUT2D eigenvalue weighted by Crippen LogP contribution is 2.26. The number of nitrogens with zero attached hydrogens (tertiary/aromatic N) is 2. The Kier molecular flexibility index (Phi) is 6.15. The first-order valence-corrected chi connectivity index (χ1v) is 8.81. The number of aromatic nitrogens is 2. The van der Waals surface area contributed by atoms with E-state index in [1.807, 2.05) is 24.3 Å². The van der Waals surface area contributed by atoms with Crippen molar-refractivity contribution in [1.82, 2.24) is 9.97 Å². The quantitative estimate of drug-likeness (QED) is 0.582. The minimum absolute atomic E-state index is 0.477. The molecule has 0 saturated carbocycles. The molecule has 7 heteroatoms. The van der Waals surface area contributed by atoms with E-state index in [0.29, 0.717) is 16.0 Å². The molecular weight excluding hydrogens is 371 g/mol. The highest BCUT2D eigenvalue weighted by molar-refractivity contribution is 6.42. The summed E-state index contributed by atoms with van der Waals surface area (Å²) in [4.78, 5) is 8.67. The zero-order valence-corrected chi connectivity index (χ0v) is 15.7. The first kappa shape index (κ1) is 18.3. The minimum atomic E-state index is 0.477. The number of anilines is 3. The second kappa shape index (κ2) is 8.74. The van der Waals surface area contributed by atoms with Gasteiger partial charge in [-0.2, -0.15) is 4.98 Å². The first-order chi connectivity index (χ1) is 12.6. The molecule has 3 aromatic rings. The molecule has 0 unspecified atom stereocenters. The van der Waals surface area contributed by atoms with Crippen LogP contribution in [0, 0.1) is 0 Å². The molecule has 0 aliphatic rings. The molecule has 0 bridgehead atoms. The molecule has 0 amide bonds. The van der Waals surface area contributed by atoms with E-state index in [4.69, 9.17) is 27.9 Å². The Morgan fingerprint density at radius 2 is 1.81 bits per heavy atom. The van der Waals surface area contributed by atoms with Crippen molar-refractivity contribution in [2.45, 2.75) is 6.42 Å². The molecule has 134 valence electrons. The largest absolute Gasteiger partial charge is 0.497 e. The summed E-state index contributed by atoms with van der Waals surface area (Å²) in [5.74, 6) is 2.09. The van der Waals surface area contributed by atoms with Crippen LogP contribution in [0.5, 0.6) is 5.75 Å². The van der Waals surface area contributed by atoms with Gasteiger partial charge in [0.15, 0.2) is 0 Å². The monoisotopic (exact) mass is 388 g/mol. The summed E-state index contributed by atoms with van der Waals surface area (Å²) in [6.07, 6.45) is 2.58. The molecule has 1 aromatic heterocycles. The van der Waals surface area contributed by atoms with E-state index in [1.54, 1.807) is 25.4 Å². The molecular formula is C19H18Cl2N4O. The highest BCUT2D eigenvalue weighted by atomic mass is 35.5. The van der Waals surface area contributed by atoms with E-state index in [2.05, 4.69) is 32.7 Å². The number of halogens is 2. The van der Waals surface area contributed by atoms with Gasteiger partial charge in [-0.15, -0.1) is 0 Å². The molecule has 0 aliphatic heterocycles. The maximum Gasteiger partial charge on any atom is 0.229 e. The van der Waals surface area contributed by atoms with Crippen LogP contribution >= 0.6 is 23.2 Å². The zero-order valence-electron chi connectivity index (χ0n) is 14.2. The third kappa shape index (κ3) is 5.00. The number of methoxy groups -OCH3 is 1. The molecule has 0 spiro atoms. The average Bonchev–Trinajstić information content (AvgIpc) is 2.66. The summed E-state index contributed by atoms with van der Waals surface area (Å²) in [5, 5.41) is 7.40. The fourth-order valence-electron chi connectivity index (χ4n) is 2.35. The van der Waals surface area contributed by atoms with Crippen LogP contribution in [0.4, 0.5) is 17.5 Å². The third-order valence-electron chi connectivity index (χ3n) is 3.71. The maximum atomic E-state index is 6.02. The van der Waals surface area contributed by atoms with Crippen molar-refractivity contribution < 1.29 is 4.74 Å². The average molecular weight is 389 g/mol. The fraction of sp³-hybridized carbons (Fsp3) is 0.158. The molecule has 0 fully saturated rings. The molecule has 3 rings (SSSR count). The third-order valence-corrected chi connectivity index (χ3v) is 4.45. The molecule has 2 aromatic carbocycles. The van der Waals surface area contributed by atoms with Crippen LogP contribution in [-0.4, -0.2) is 23.6 Å². The molecule has 0 radical (unpaired) electrons. The van der Waals surface area contributed by atoms with Crippen molar-refractivity contribution in [1.29, 1.82) is 0 Å². The summed E-state index contributed by atoms with van der Waals surface area (Å²) in [6, 6.07) is 15.1. The van der Waals surface area contributed by atoms with Crippen molar-refractivity contribution in [2.24, 2.45) is 0 Å². The van der Waals surface area contributed by atoms with E-state index in [1.165, 1.54) is 5.56 Å². The van der Waals surface area contributed by atoms with Crippen LogP contribution < -0.4 is 15.4 Å². The summed E-state index contributed by atoms with van der Waals surface area (Å²) in [5.41, 5.74) is 2.00. The fourth-order valence-corrected chi connectivity index (χ4v) is 2.65. The summed E-state index contributed by atoms with van der Waals surface area (Å²) in [7, 11) is 1.66. The Labute approximate surface area is 162 Å². The Hall–Kier alpha value is -2.50. The zero-order chi connectivity index (χ0) is 18.4. The number of benzene rings is 2. The van der Waals surface area contributed by atoms with Crippen molar-refractivity contribution >= 4 is 40.7 Å². The van der Waals surface area contributed by atoms with Gasteiger partial charge in [0.05, 0.1) is 17.2 Å². The van der Waals surface area contributed by atoms with Crippen LogP contribution in [0.2, 0.25) is 10.0 Å². The van der Waals surface area contributed by atoms with E-state index in [9.17, 15) is 0 Å². The Bertz CT molecular complexity index is 872. The second-order valence-corrected chi connectivity index (χ2v) is 6.36. The first-order valence-electron chi connectivity index (χ1n) is 8.06. The predicted octanol–water partition coefficient (Wildman–Crippen LogP) is 5.19. The van der Waals surface area contributed by atoms with Gasteiger partial charge in [-0.3, -0.25) is 0 Å². The van der Waals surface area contributed by atoms with Gasteiger partial charge in [0.25, 0.3) is 0 Å². The van der Waals surface area contributed by atoms with Crippen LogP contribution in [0.1, 0.15) is 5.56 Å². The van der Waals surface area contributed by atoms with Crippen molar-refractivity contribution in [3.8, 4) is 5.75 Å². The number of hydrogen-bond acceptors (Lipinski definition) is 5. The van der Waals surface area contributed by atoms with Crippen molar-refractivity contribution in [2.75, 3.05) is 24.3 Å². The van der Waals surface area contributed by atoms with E-state index in [-0.39, 0.29) is 0 Å². The molecule has 0 atom stereocenters. The number of rotatable bonds is 7. The van der Waals surface area contributed by atoms with Gasteiger partial charge >= 0.3 is 0 Å². The van der Waals surface area contributed by atoms with Gasteiger partial charge in [0.1, 0.15) is 11.6 Å². The lowest BCUT2D eigenvalue weighted by atomic mass is 10.1. The summed E-state index contributed by atoms with van der Waals surface area (Å²) in [6.45, 7) is 0.759. The topological polar surface area (TPSA) is 59.1 Å². The predicted molar refractivity (Wildman–Crippen MR) is 107 cm³/mol. The van der Waals surface area contributed by atoms with E-state index >= 15 is 0 Å². The van der Waals surface area contributed by atoms with Crippen LogP contribution in [0.3, 0.4) is 0 Å². The Morgan fingerprint density at radius 1 is 1.00 bits per heavy atom. The summed E-state index contributed by atoms with van der Waals surface area (Å²) >= 11 is 11.9. The highest BCUT2D eigenvalue weighted by Gasteiger charge is 2.03. The van der Waals surface area contributed by atoms with Gasteiger partial charge in [0.2, 0.25) is 5.95 Å². The van der Waals surface area contributed by atoms with Crippen LogP contribution in [-0.2, 0) is 6.42 Å². The number of ether oxygens (including phenoxy) is 1. The van der Waals surface area contributed by atoms with Crippen molar-refractivity contribution in [3.05, 3.63) is 70.3 Å². The molecule has 2 N–H and O–H groups in total. The lowest BCUT2D eigenvalue weighted by molar-refractivity contribution is 0.414. The minimum Gasteiger partial charge on any atom is -0.497 e. The van der Waals surface area contributed by atoms with Gasteiger partial charge in [-0.1, -0.05) is 35.3 Å². The van der Waals surface area contributed by atoms with Gasteiger partial charge < -0.3 is 15.4 Å². The SMILES string of the molecule is COc1ccc(CCNc2ccnc(Nc3ccc(Cl)c(Cl)c3)n2)cc1. The van der Waals surface area contributed by atoms with Gasteiger partial charge in [0, 0.05) is 18.4 Å². The maximum absolute atomic E-state index is 6.02. The van der Waals surface area contributed by atoms with E-state index < -0.39 is 0 Å². The van der Waals surface area contributed by atoms with Crippen molar-refractivity contribution in [3.63, 3.8) is 0 Å². The van der Waals surface area contributed by atoms with Gasteiger partial charge in [-0.05, 0) is 48.4 Å². The molecule has 5 nitrogen and oxygen atoms in total.